The summed E-state index contributed by atoms with van der Waals surface area (Å²) in [5, 5.41) is 15.4. The summed E-state index contributed by atoms with van der Waals surface area (Å²) in [5.74, 6) is -1.21. The topological polar surface area (TPSA) is 108 Å². The molecule has 2 aromatic rings. The van der Waals surface area contributed by atoms with Crippen LogP contribution < -0.4 is 10.6 Å². The Balaban J connectivity index is 2.44. The Kier molecular flexibility index (Phi) is 9.83. The van der Waals surface area contributed by atoms with E-state index in [1.165, 1.54) is 4.90 Å². The second kappa shape index (κ2) is 12.4. The van der Waals surface area contributed by atoms with Gasteiger partial charge in [0.2, 0.25) is 5.91 Å². The van der Waals surface area contributed by atoms with Gasteiger partial charge in [0.1, 0.15) is 17.7 Å². The maximum Gasteiger partial charge on any atom is 0.408 e. The van der Waals surface area contributed by atoms with Crippen molar-refractivity contribution >= 4 is 23.6 Å². The van der Waals surface area contributed by atoms with Gasteiger partial charge in [0.25, 0.3) is 5.91 Å². The van der Waals surface area contributed by atoms with E-state index >= 15 is 0 Å². The predicted molar refractivity (Wildman–Crippen MR) is 136 cm³/mol. The third kappa shape index (κ3) is 8.10. The number of nitrogens with zero attached hydrogens (tertiary/aromatic N) is 1. The highest BCUT2D eigenvalue weighted by atomic mass is 16.6. The zero-order chi connectivity index (χ0) is 26.2. The molecule has 0 radical (unpaired) electrons. The van der Waals surface area contributed by atoms with Gasteiger partial charge in [-0.2, -0.15) is 0 Å². The summed E-state index contributed by atoms with van der Waals surface area (Å²) >= 11 is 0. The first-order valence-corrected chi connectivity index (χ1v) is 11.8. The van der Waals surface area contributed by atoms with Crippen molar-refractivity contribution < 1.29 is 24.2 Å². The number of carbonyl (C=O) groups excluding carboxylic acids is 3. The Labute approximate surface area is 207 Å². The van der Waals surface area contributed by atoms with Gasteiger partial charge in [0.05, 0.1) is 6.61 Å². The maximum atomic E-state index is 13.8. The summed E-state index contributed by atoms with van der Waals surface area (Å²) in [6, 6.07) is 14.3. The molecular weight excluding hydrogens is 446 g/mol. The van der Waals surface area contributed by atoms with Gasteiger partial charge in [-0.05, 0) is 50.8 Å². The molecular formula is C27H37N3O5. The number of benzene rings is 2. The molecule has 0 heterocycles. The number of carbonyl (C=O) groups is 3. The van der Waals surface area contributed by atoms with Crippen molar-refractivity contribution in [2.45, 2.75) is 59.2 Å². The van der Waals surface area contributed by atoms with E-state index < -0.39 is 35.6 Å². The Bertz CT molecular complexity index is 1000. The molecule has 0 aliphatic heterocycles. The second-order valence-corrected chi connectivity index (χ2v) is 9.74. The van der Waals surface area contributed by atoms with Crippen molar-refractivity contribution in [3.63, 3.8) is 0 Å². The highest BCUT2D eigenvalue weighted by Crippen LogP contribution is 2.26. The zero-order valence-electron chi connectivity index (χ0n) is 21.4. The zero-order valence-corrected chi connectivity index (χ0v) is 21.4. The molecule has 0 saturated heterocycles. The molecule has 0 aliphatic carbocycles. The van der Waals surface area contributed by atoms with Crippen molar-refractivity contribution in [1.29, 1.82) is 0 Å². The number of ether oxygens (including phenoxy) is 1. The SMILES string of the molecule is Cc1ccccc1NC(=O)C(c1ccccc1)N(CCO)C(=O)C(NC(=O)OC(C)(C)C)C(C)C. The number of hydrogen-bond acceptors (Lipinski definition) is 5. The summed E-state index contributed by atoms with van der Waals surface area (Å²) in [6.07, 6.45) is -0.728. The largest absolute Gasteiger partial charge is 0.444 e. The predicted octanol–water partition coefficient (Wildman–Crippen LogP) is 4.05. The van der Waals surface area contributed by atoms with Crippen LogP contribution in [-0.2, 0) is 14.3 Å². The van der Waals surface area contributed by atoms with E-state index in [1.807, 2.05) is 31.2 Å². The lowest BCUT2D eigenvalue weighted by Crippen LogP contribution is -2.55. The summed E-state index contributed by atoms with van der Waals surface area (Å²) < 4.78 is 5.34. The number of aliphatic hydroxyl groups is 1. The first kappa shape index (κ1) is 27.9. The lowest BCUT2D eigenvalue weighted by molar-refractivity contribution is -0.142. The standard InChI is InChI=1S/C27H37N3O5/c1-18(2)22(29-26(34)35-27(4,5)6)25(33)30(16-17-31)23(20-13-8-7-9-14-20)24(32)28-21-15-11-10-12-19(21)3/h7-15,18,22-23,31H,16-17H2,1-6H3,(H,28,32)(H,29,34). The molecule has 8 heteroatoms. The van der Waals surface area contributed by atoms with E-state index in [4.69, 9.17) is 4.74 Å². The van der Waals surface area contributed by atoms with Gasteiger partial charge in [-0.3, -0.25) is 9.59 Å². The van der Waals surface area contributed by atoms with Crippen molar-refractivity contribution in [3.05, 3.63) is 65.7 Å². The third-order valence-electron chi connectivity index (χ3n) is 5.31. The van der Waals surface area contributed by atoms with Gasteiger partial charge in [-0.25, -0.2) is 4.79 Å². The minimum absolute atomic E-state index is 0.0984. The molecule has 8 nitrogen and oxygen atoms in total. The molecule has 0 fully saturated rings. The first-order valence-electron chi connectivity index (χ1n) is 11.8. The van der Waals surface area contributed by atoms with Crippen LogP contribution >= 0.6 is 0 Å². The molecule has 190 valence electrons. The molecule has 0 aliphatic rings. The van der Waals surface area contributed by atoms with E-state index in [0.717, 1.165) is 5.56 Å². The van der Waals surface area contributed by atoms with Crippen molar-refractivity contribution in [3.8, 4) is 0 Å². The average molecular weight is 484 g/mol. The van der Waals surface area contributed by atoms with Gasteiger partial charge >= 0.3 is 6.09 Å². The quantitative estimate of drug-likeness (QED) is 0.499. The van der Waals surface area contributed by atoms with Crippen LogP contribution in [0.2, 0.25) is 0 Å². The molecule has 2 atom stereocenters. The van der Waals surface area contributed by atoms with E-state index in [0.29, 0.717) is 11.3 Å². The summed E-state index contributed by atoms with van der Waals surface area (Å²) in [6.45, 7) is 10.2. The van der Waals surface area contributed by atoms with Gasteiger partial charge < -0.3 is 25.4 Å². The molecule has 3 amide bonds. The Morgan fingerprint density at radius 3 is 2.14 bits per heavy atom. The molecule has 2 unspecified atom stereocenters. The Hall–Kier alpha value is -3.39. The molecule has 0 bridgehead atoms. The molecule has 0 spiro atoms. The van der Waals surface area contributed by atoms with Crippen LogP contribution in [0.1, 0.15) is 51.8 Å². The van der Waals surface area contributed by atoms with Crippen molar-refractivity contribution in [1.82, 2.24) is 10.2 Å². The van der Waals surface area contributed by atoms with Crippen LogP contribution in [0, 0.1) is 12.8 Å². The second-order valence-electron chi connectivity index (χ2n) is 9.74. The Morgan fingerprint density at radius 1 is 1.00 bits per heavy atom. The fourth-order valence-electron chi connectivity index (χ4n) is 3.62. The molecule has 3 N–H and O–H groups in total. The summed E-state index contributed by atoms with van der Waals surface area (Å²) in [5.41, 5.74) is 1.35. The minimum atomic E-state index is -1.03. The van der Waals surface area contributed by atoms with Crippen LogP contribution in [-0.4, -0.2) is 52.7 Å². The first-order chi connectivity index (χ1) is 16.4. The van der Waals surface area contributed by atoms with Gasteiger partial charge in [-0.1, -0.05) is 62.4 Å². The maximum absolute atomic E-state index is 13.8. The van der Waals surface area contributed by atoms with E-state index in [-0.39, 0.29) is 19.1 Å². The number of hydrogen-bond donors (Lipinski definition) is 3. The number of nitrogens with one attached hydrogen (secondary N) is 2. The molecule has 2 aromatic carbocycles. The number of aliphatic hydroxyl groups excluding tert-OH is 1. The molecule has 0 aromatic heterocycles. The molecule has 35 heavy (non-hydrogen) atoms. The van der Waals surface area contributed by atoms with Crippen LogP contribution in [0.5, 0.6) is 0 Å². The van der Waals surface area contributed by atoms with Crippen LogP contribution in [0.25, 0.3) is 0 Å². The van der Waals surface area contributed by atoms with Gasteiger partial charge in [0.15, 0.2) is 0 Å². The number of aryl methyl sites for hydroxylation is 1. The Morgan fingerprint density at radius 2 is 1.60 bits per heavy atom. The van der Waals surface area contributed by atoms with E-state index in [2.05, 4.69) is 10.6 Å². The summed E-state index contributed by atoms with van der Waals surface area (Å²) in [7, 11) is 0. The number of para-hydroxylation sites is 1. The van der Waals surface area contributed by atoms with Gasteiger partial charge in [0, 0.05) is 12.2 Å². The van der Waals surface area contributed by atoms with Crippen molar-refractivity contribution in [2.75, 3.05) is 18.5 Å². The lowest BCUT2D eigenvalue weighted by atomic mass is 9.98. The smallest absolute Gasteiger partial charge is 0.408 e. The van der Waals surface area contributed by atoms with Gasteiger partial charge in [-0.15, -0.1) is 0 Å². The molecule has 2 rings (SSSR count). The number of rotatable bonds is 9. The van der Waals surface area contributed by atoms with Crippen molar-refractivity contribution in [2.24, 2.45) is 5.92 Å². The monoisotopic (exact) mass is 483 g/mol. The van der Waals surface area contributed by atoms with Crippen LogP contribution in [0.3, 0.4) is 0 Å². The number of alkyl carbamates (subject to hydrolysis) is 1. The fourth-order valence-corrected chi connectivity index (χ4v) is 3.62. The average Bonchev–Trinajstić information content (AvgIpc) is 2.77. The highest BCUT2D eigenvalue weighted by Gasteiger charge is 2.37. The number of anilines is 1. The highest BCUT2D eigenvalue weighted by molar-refractivity contribution is 5.99. The summed E-state index contributed by atoms with van der Waals surface area (Å²) in [4.78, 5) is 41.2. The minimum Gasteiger partial charge on any atom is -0.444 e. The fraction of sp³-hybridized carbons (Fsp3) is 0.444. The van der Waals surface area contributed by atoms with Crippen LogP contribution in [0.15, 0.2) is 54.6 Å². The van der Waals surface area contributed by atoms with Crippen LogP contribution in [0.4, 0.5) is 10.5 Å². The number of amides is 3. The third-order valence-corrected chi connectivity index (χ3v) is 5.31. The van der Waals surface area contributed by atoms with E-state index in [9.17, 15) is 19.5 Å². The molecule has 0 saturated carbocycles. The van der Waals surface area contributed by atoms with E-state index in [1.54, 1.807) is 65.0 Å². The normalized spacial score (nSPS) is 13.0. The lowest BCUT2D eigenvalue weighted by Gasteiger charge is -2.35.